The van der Waals surface area contributed by atoms with Crippen LogP contribution in [0.1, 0.15) is 11.1 Å². The molecular weight excluding hydrogens is 463 g/mol. The molecule has 0 aliphatic carbocycles. The number of amides is 1. The first-order valence-electron chi connectivity index (χ1n) is 10.2. The summed E-state index contributed by atoms with van der Waals surface area (Å²) in [6.45, 7) is 0.0486. The molecule has 0 saturated heterocycles. The Morgan fingerprint density at radius 2 is 1.97 bits per heavy atom. The molecule has 3 aromatic carbocycles. The Bertz CT molecular complexity index is 1490. The van der Waals surface area contributed by atoms with Crippen molar-refractivity contribution in [2.24, 2.45) is 0 Å². The first-order chi connectivity index (χ1) is 16.4. The molecule has 7 nitrogen and oxygen atoms in total. The van der Waals surface area contributed by atoms with Crippen LogP contribution in [0.4, 0.5) is 10.1 Å². The van der Waals surface area contributed by atoms with E-state index in [2.05, 4.69) is 10.3 Å². The van der Waals surface area contributed by atoms with Crippen LogP contribution >= 0.6 is 11.6 Å². The van der Waals surface area contributed by atoms with Gasteiger partial charge in [-0.05, 0) is 60.2 Å². The van der Waals surface area contributed by atoms with Crippen LogP contribution in [0, 0.1) is 5.82 Å². The number of carbonyl (C=O) groups is 2. The number of aromatic nitrogens is 1. The smallest absolute Gasteiger partial charge is 0.307 e. The number of hydrogen-bond donors (Lipinski definition) is 2. The number of carboxylic acid groups (broad SMARTS) is 1. The van der Waals surface area contributed by atoms with Gasteiger partial charge in [-0.2, -0.15) is 0 Å². The highest BCUT2D eigenvalue weighted by Gasteiger charge is 2.19. The number of ether oxygens (including phenoxy) is 1. The molecule has 0 unspecified atom stereocenters. The number of aliphatic carboxylic acids is 1. The minimum atomic E-state index is -0.952. The Balaban J connectivity index is 1.36. The van der Waals surface area contributed by atoms with E-state index < -0.39 is 17.7 Å². The Hall–Kier alpha value is -4.17. The maximum absolute atomic E-state index is 14.8. The van der Waals surface area contributed by atoms with Crippen LogP contribution in [-0.4, -0.2) is 28.6 Å². The number of fused-ring (bicyclic) bond motifs is 2. The summed E-state index contributed by atoms with van der Waals surface area (Å²) >= 11 is 6.00. The van der Waals surface area contributed by atoms with E-state index in [0.717, 1.165) is 0 Å². The van der Waals surface area contributed by atoms with Gasteiger partial charge in [0.2, 0.25) is 5.89 Å². The minimum absolute atomic E-state index is 0.00797. The number of hydrogen-bond acceptors (Lipinski definition) is 5. The summed E-state index contributed by atoms with van der Waals surface area (Å²) in [7, 11) is 0. The molecule has 1 aliphatic heterocycles. The summed E-state index contributed by atoms with van der Waals surface area (Å²) in [5.41, 5.74) is 2.86. The summed E-state index contributed by atoms with van der Waals surface area (Å²) in [6, 6.07) is 14.2. The van der Waals surface area contributed by atoms with E-state index in [-0.39, 0.29) is 24.6 Å². The van der Waals surface area contributed by atoms with Crippen molar-refractivity contribution in [1.82, 2.24) is 4.98 Å². The quantitative estimate of drug-likeness (QED) is 0.402. The Labute approximate surface area is 197 Å². The summed E-state index contributed by atoms with van der Waals surface area (Å²) in [5.74, 6) is -1.32. The van der Waals surface area contributed by atoms with Crippen LogP contribution in [0.3, 0.4) is 0 Å². The fourth-order valence-corrected chi connectivity index (χ4v) is 3.79. The number of oxazole rings is 1. The van der Waals surface area contributed by atoms with Gasteiger partial charge >= 0.3 is 5.97 Å². The normalized spacial score (nSPS) is 12.6. The van der Waals surface area contributed by atoms with Gasteiger partial charge in [0, 0.05) is 16.1 Å². The van der Waals surface area contributed by atoms with Crippen LogP contribution in [0.2, 0.25) is 5.02 Å². The van der Waals surface area contributed by atoms with Gasteiger partial charge in [0.05, 0.1) is 17.7 Å². The molecule has 1 aromatic heterocycles. The number of nitrogens with zero attached hydrogens (tertiary/aromatic N) is 1. The number of rotatable bonds is 5. The number of carbonyl (C=O) groups excluding carboxylic acids is 1. The standard InChI is InChI=1S/C25H16ClFN2O5/c26-17-3-6-21-15(10-17)9-16(12-33-21)24(32)28-19-4-2-14(11-18(19)27)25-29-20-7-13(8-23(30)31)1-5-22(20)34-25/h1-7,9-11H,8,12H2,(H,28,32)(H,30,31). The molecule has 0 atom stereocenters. The molecule has 9 heteroatoms. The van der Waals surface area contributed by atoms with Crippen LogP contribution in [-0.2, 0) is 16.0 Å². The van der Waals surface area contributed by atoms with Gasteiger partial charge in [-0.1, -0.05) is 17.7 Å². The van der Waals surface area contributed by atoms with E-state index in [9.17, 15) is 14.0 Å². The Morgan fingerprint density at radius 1 is 1.12 bits per heavy atom. The predicted molar refractivity (Wildman–Crippen MR) is 124 cm³/mol. The van der Waals surface area contributed by atoms with Crippen LogP contribution in [0.5, 0.6) is 5.75 Å². The molecule has 0 radical (unpaired) electrons. The number of benzene rings is 3. The molecule has 0 spiro atoms. The zero-order chi connectivity index (χ0) is 23.8. The van der Waals surface area contributed by atoms with E-state index in [1.165, 1.54) is 12.1 Å². The van der Waals surface area contributed by atoms with Crippen molar-refractivity contribution in [3.63, 3.8) is 0 Å². The first kappa shape index (κ1) is 21.7. The molecule has 5 rings (SSSR count). The Morgan fingerprint density at radius 3 is 2.76 bits per heavy atom. The molecule has 4 aromatic rings. The highest BCUT2D eigenvalue weighted by molar-refractivity contribution is 6.30. The van der Waals surface area contributed by atoms with E-state index >= 15 is 0 Å². The van der Waals surface area contributed by atoms with Gasteiger partial charge in [0.25, 0.3) is 5.91 Å². The lowest BCUT2D eigenvalue weighted by molar-refractivity contribution is -0.136. The molecule has 1 amide bonds. The molecule has 1 aliphatic rings. The average molecular weight is 479 g/mol. The third-order valence-electron chi connectivity index (χ3n) is 5.25. The second-order valence-corrected chi connectivity index (χ2v) is 8.12. The van der Waals surface area contributed by atoms with Crippen molar-refractivity contribution in [1.29, 1.82) is 0 Å². The second kappa shape index (κ2) is 8.64. The van der Waals surface area contributed by atoms with Gasteiger partial charge in [-0.15, -0.1) is 0 Å². The van der Waals surface area contributed by atoms with Gasteiger partial charge in [0.15, 0.2) is 5.58 Å². The maximum atomic E-state index is 14.8. The lowest BCUT2D eigenvalue weighted by Gasteiger charge is -2.18. The van der Waals surface area contributed by atoms with Gasteiger partial charge in [-0.25, -0.2) is 9.37 Å². The van der Waals surface area contributed by atoms with Crippen molar-refractivity contribution in [2.75, 3.05) is 11.9 Å². The van der Waals surface area contributed by atoms with Crippen molar-refractivity contribution < 1.29 is 28.2 Å². The van der Waals surface area contributed by atoms with Crippen molar-refractivity contribution in [3.8, 4) is 17.2 Å². The maximum Gasteiger partial charge on any atom is 0.307 e. The van der Waals surface area contributed by atoms with Crippen molar-refractivity contribution in [2.45, 2.75) is 6.42 Å². The monoisotopic (exact) mass is 478 g/mol. The molecule has 0 bridgehead atoms. The lowest BCUT2D eigenvalue weighted by Crippen LogP contribution is -2.21. The van der Waals surface area contributed by atoms with Crippen molar-refractivity contribution >= 4 is 46.3 Å². The summed E-state index contributed by atoms with van der Waals surface area (Å²) in [5, 5.41) is 12.0. The van der Waals surface area contributed by atoms with Gasteiger partial charge in [-0.3, -0.25) is 9.59 Å². The van der Waals surface area contributed by atoms with E-state index in [4.69, 9.17) is 25.9 Å². The van der Waals surface area contributed by atoms with Crippen LogP contribution in [0.15, 0.2) is 64.6 Å². The summed E-state index contributed by atoms with van der Waals surface area (Å²) in [4.78, 5) is 27.9. The van der Waals surface area contributed by atoms with Gasteiger partial charge in [0.1, 0.15) is 23.7 Å². The van der Waals surface area contributed by atoms with Crippen molar-refractivity contribution in [3.05, 3.63) is 82.1 Å². The topological polar surface area (TPSA) is 102 Å². The molecule has 2 heterocycles. The largest absolute Gasteiger partial charge is 0.488 e. The molecule has 0 saturated carbocycles. The molecular formula is C25H16ClFN2O5. The number of anilines is 1. The lowest BCUT2D eigenvalue weighted by atomic mass is 10.1. The van der Waals surface area contributed by atoms with Crippen LogP contribution < -0.4 is 10.1 Å². The number of halogens is 2. The Kier molecular flexibility index (Phi) is 5.51. The second-order valence-electron chi connectivity index (χ2n) is 7.68. The first-order valence-corrected chi connectivity index (χ1v) is 10.6. The van der Waals surface area contributed by atoms with E-state index in [1.807, 2.05) is 0 Å². The fourth-order valence-electron chi connectivity index (χ4n) is 3.61. The molecule has 2 N–H and O–H groups in total. The minimum Gasteiger partial charge on any atom is -0.488 e. The highest BCUT2D eigenvalue weighted by Crippen LogP contribution is 2.31. The van der Waals surface area contributed by atoms with E-state index in [0.29, 0.717) is 44.1 Å². The summed E-state index contributed by atoms with van der Waals surface area (Å²) in [6.07, 6.45) is 1.52. The SMILES string of the molecule is O=C(O)Cc1ccc2oc(-c3ccc(NC(=O)C4=Cc5cc(Cl)ccc5OC4)c(F)c3)nc2c1. The third kappa shape index (κ3) is 4.35. The fraction of sp³-hybridized carbons (Fsp3) is 0.0800. The zero-order valence-electron chi connectivity index (χ0n) is 17.5. The zero-order valence-corrected chi connectivity index (χ0v) is 18.2. The molecule has 34 heavy (non-hydrogen) atoms. The predicted octanol–water partition coefficient (Wildman–Crippen LogP) is 5.33. The van der Waals surface area contributed by atoms with Crippen LogP contribution in [0.25, 0.3) is 28.6 Å². The molecule has 170 valence electrons. The molecule has 0 fully saturated rings. The van der Waals surface area contributed by atoms with Gasteiger partial charge < -0.3 is 19.6 Å². The summed E-state index contributed by atoms with van der Waals surface area (Å²) < 4.78 is 26.1. The number of nitrogens with one attached hydrogen (secondary N) is 1. The third-order valence-corrected chi connectivity index (χ3v) is 5.48. The highest BCUT2D eigenvalue weighted by atomic mass is 35.5. The average Bonchev–Trinajstić information content (AvgIpc) is 3.23. The number of carboxylic acids is 1. The van der Waals surface area contributed by atoms with E-state index in [1.54, 1.807) is 48.5 Å².